The molecule has 0 N–H and O–H groups in total. The third kappa shape index (κ3) is 4.91. The standard InChI is InChI=1S/C43H37BF2N3O4/c1-22-20-23(2)34(24(3)21-22)38-39-25(4)35(30-14-8-9-17-33(30)45)27(6)48(39)44(46)49-28(7)36(26(5)40(38)49)43(52)53-19-18-47-41(50)31-15-10-12-29-13-11-16-32(37(29)31)42(47)51/h8-17,20-21H,18-19H2,1-7H3/q+1. The molecule has 0 atom stereocenters. The van der Waals surface area contributed by atoms with Crippen molar-refractivity contribution in [2.24, 2.45) is 0 Å². The number of nitrogens with zero attached hydrogens (tertiary/aromatic N) is 3. The van der Waals surface area contributed by atoms with Gasteiger partial charge in [0.05, 0.1) is 17.8 Å². The smallest absolute Gasteiger partial charge is 0.460 e. The second-order valence-electron chi connectivity index (χ2n) is 14.2. The van der Waals surface area contributed by atoms with E-state index in [2.05, 4.69) is 12.1 Å². The lowest BCUT2D eigenvalue weighted by atomic mass is 9.83. The van der Waals surface area contributed by atoms with Gasteiger partial charge in [0.15, 0.2) is 11.4 Å². The fourth-order valence-corrected chi connectivity index (χ4v) is 8.85. The number of allylic oxidation sites excluding steroid dienone is 1. The van der Waals surface area contributed by atoms with Crippen LogP contribution in [0.5, 0.6) is 0 Å². The highest BCUT2D eigenvalue weighted by atomic mass is 19.1. The van der Waals surface area contributed by atoms with E-state index >= 15 is 8.71 Å². The fraction of sp³-hybridized carbons (Fsp3) is 0.209. The Balaban J connectivity index is 1.21. The van der Waals surface area contributed by atoms with Crippen LogP contribution in [0.2, 0.25) is 0 Å². The molecule has 10 heteroatoms. The van der Waals surface area contributed by atoms with E-state index < -0.39 is 30.9 Å². The van der Waals surface area contributed by atoms with Gasteiger partial charge in [0, 0.05) is 45.8 Å². The Labute approximate surface area is 306 Å². The number of esters is 1. The van der Waals surface area contributed by atoms with E-state index in [1.165, 1.54) is 10.6 Å². The molecule has 8 rings (SSSR count). The molecule has 2 amide bonds. The van der Waals surface area contributed by atoms with Crippen LogP contribution in [0.3, 0.4) is 0 Å². The van der Waals surface area contributed by atoms with E-state index in [-0.39, 0.29) is 18.7 Å². The Kier molecular flexibility index (Phi) is 7.98. The minimum absolute atomic E-state index is 0.146. The van der Waals surface area contributed by atoms with Gasteiger partial charge in [0.25, 0.3) is 11.8 Å². The van der Waals surface area contributed by atoms with E-state index in [0.717, 1.165) is 43.7 Å². The normalized spacial score (nSPS) is 15.3. The molecule has 1 aromatic heterocycles. The largest absolute Gasteiger partial charge is 0.846 e. The summed E-state index contributed by atoms with van der Waals surface area (Å²) in [7, 11) is -1.75. The monoisotopic (exact) mass is 708 g/mol. The predicted molar refractivity (Wildman–Crippen MR) is 202 cm³/mol. The van der Waals surface area contributed by atoms with Crippen molar-refractivity contribution in [2.75, 3.05) is 13.2 Å². The molecule has 0 bridgehead atoms. The van der Waals surface area contributed by atoms with Crippen molar-refractivity contribution in [3.05, 3.63) is 146 Å². The number of hydrogen-bond acceptors (Lipinski definition) is 4. The van der Waals surface area contributed by atoms with Gasteiger partial charge in [-0.2, -0.15) is 0 Å². The number of halogens is 2. The molecule has 7 nitrogen and oxygen atoms in total. The van der Waals surface area contributed by atoms with E-state index in [1.807, 2.05) is 39.8 Å². The van der Waals surface area contributed by atoms with Gasteiger partial charge in [-0.05, 0) is 87.4 Å². The van der Waals surface area contributed by atoms with Crippen LogP contribution >= 0.6 is 0 Å². The van der Waals surface area contributed by atoms with Gasteiger partial charge in [-0.25, -0.2) is 18.0 Å². The number of fused-ring (bicyclic) bond motifs is 2. The van der Waals surface area contributed by atoms with Gasteiger partial charge in [-0.3, -0.25) is 19.0 Å². The van der Waals surface area contributed by atoms with Gasteiger partial charge in [0.1, 0.15) is 18.0 Å². The maximum atomic E-state index is 17.3. The number of aryl methyl sites for hydroxylation is 3. The first-order valence-corrected chi connectivity index (χ1v) is 17.7. The summed E-state index contributed by atoms with van der Waals surface area (Å²) in [6.07, 6.45) is 0. The summed E-state index contributed by atoms with van der Waals surface area (Å²) in [6.45, 7) is 12.8. The lowest BCUT2D eigenvalue weighted by molar-refractivity contribution is -0.337. The van der Waals surface area contributed by atoms with Gasteiger partial charge in [0.2, 0.25) is 0 Å². The summed E-state index contributed by atoms with van der Waals surface area (Å²) in [4.78, 5) is 42.0. The van der Waals surface area contributed by atoms with Crippen LogP contribution in [0, 0.1) is 40.4 Å². The molecule has 3 aliphatic heterocycles. The van der Waals surface area contributed by atoms with Gasteiger partial charge >= 0.3 is 13.2 Å². The van der Waals surface area contributed by atoms with Crippen molar-refractivity contribution < 1.29 is 32.3 Å². The van der Waals surface area contributed by atoms with Crippen LogP contribution in [0.4, 0.5) is 8.71 Å². The quantitative estimate of drug-likeness (QED) is 0.101. The van der Waals surface area contributed by atoms with Crippen molar-refractivity contribution in [3.8, 4) is 11.1 Å². The highest BCUT2D eigenvalue weighted by Crippen LogP contribution is 2.47. The zero-order chi connectivity index (χ0) is 37.6. The maximum absolute atomic E-state index is 17.3. The van der Waals surface area contributed by atoms with E-state index in [0.29, 0.717) is 56.0 Å². The predicted octanol–water partition coefficient (Wildman–Crippen LogP) is 8.21. The van der Waals surface area contributed by atoms with Gasteiger partial charge < -0.3 is 4.74 Å². The summed E-state index contributed by atoms with van der Waals surface area (Å²) >= 11 is 0. The second kappa shape index (κ2) is 12.4. The molecule has 3 aliphatic rings. The van der Waals surface area contributed by atoms with Crippen LogP contribution < -0.4 is 0 Å². The van der Waals surface area contributed by atoms with E-state index in [4.69, 9.17) is 4.74 Å². The fourth-order valence-electron chi connectivity index (χ4n) is 8.85. The second-order valence-corrected chi connectivity index (χ2v) is 14.2. The summed E-state index contributed by atoms with van der Waals surface area (Å²) < 4.78 is 41.5. The summed E-state index contributed by atoms with van der Waals surface area (Å²) in [5, 5.41) is 1.42. The number of benzene rings is 4. The van der Waals surface area contributed by atoms with E-state index in [9.17, 15) is 14.4 Å². The Hall–Kier alpha value is -5.90. The first-order chi connectivity index (χ1) is 25.3. The summed E-state index contributed by atoms with van der Waals surface area (Å²) in [6, 6.07) is 21.3. The molecule has 0 radical (unpaired) electrons. The Morgan fingerprint density at radius 2 is 1.42 bits per heavy atom. The SMILES string of the molecule is CC1=C(C(=O)OCCN2C(=O)c3cccc4cccc(c34)C2=O)C(C)=[N+]2B(F)n3c(C)c(-c4ccccc4F)c(C)c3C(c3c(C)cc(C)cc3C)=C12. The average Bonchev–Trinajstić information content (AvgIpc) is 3.54. The zero-order valence-electron chi connectivity index (χ0n) is 30.7. The molecule has 0 aliphatic carbocycles. The number of rotatable bonds is 6. The first kappa shape index (κ1) is 34.2. The highest BCUT2D eigenvalue weighted by Gasteiger charge is 2.55. The van der Waals surface area contributed by atoms with Crippen LogP contribution in [0.1, 0.15) is 73.8 Å². The van der Waals surface area contributed by atoms with Crippen LogP contribution in [0.25, 0.3) is 27.5 Å². The lowest BCUT2D eigenvalue weighted by Crippen LogP contribution is -2.42. The molecule has 0 spiro atoms. The lowest BCUT2D eigenvalue weighted by Gasteiger charge is -2.26. The number of ether oxygens (including phenoxy) is 1. The van der Waals surface area contributed by atoms with Crippen molar-refractivity contribution >= 4 is 47.1 Å². The molecule has 4 heterocycles. The average molecular weight is 709 g/mol. The minimum atomic E-state index is -1.75. The maximum Gasteiger partial charge on any atom is 0.846 e. The molecule has 0 saturated carbocycles. The molecule has 4 aromatic carbocycles. The van der Waals surface area contributed by atoms with Crippen LogP contribution in [-0.2, 0) is 9.53 Å². The minimum Gasteiger partial charge on any atom is -0.460 e. The Morgan fingerprint density at radius 3 is 2.04 bits per heavy atom. The third-order valence-corrected chi connectivity index (χ3v) is 11.0. The molecule has 264 valence electrons. The first-order valence-electron chi connectivity index (χ1n) is 17.7. The number of carbonyl (C=O) groups is 3. The Morgan fingerprint density at radius 1 is 0.811 bits per heavy atom. The third-order valence-electron chi connectivity index (χ3n) is 11.0. The highest BCUT2D eigenvalue weighted by molar-refractivity contribution is 6.45. The van der Waals surface area contributed by atoms with Crippen molar-refractivity contribution in [3.63, 3.8) is 0 Å². The molecule has 53 heavy (non-hydrogen) atoms. The number of carbonyl (C=O) groups excluding carboxylic acids is 3. The number of aromatic nitrogens is 1. The molecular formula is C43H37BF2N3O4+. The van der Waals surface area contributed by atoms with Gasteiger partial charge in [-0.15, -0.1) is 0 Å². The molecular weight excluding hydrogens is 671 g/mol. The van der Waals surface area contributed by atoms with E-state index in [1.54, 1.807) is 67.7 Å². The summed E-state index contributed by atoms with van der Waals surface area (Å²) in [5.74, 6) is -1.98. The molecule has 5 aromatic rings. The molecule has 0 saturated heterocycles. The number of imide groups is 1. The van der Waals surface area contributed by atoms with Crippen LogP contribution in [0.15, 0.2) is 89.6 Å². The van der Waals surface area contributed by atoms with Crippen molar-refractivity contribution in [1.82, 2.24) is 9.38 Å². The van der Waals surface area contributed by atoms with Crippen molar-refractivity contribution in [1.29, 1.82) is 0 Å². The zero-order valence-corrected chi connectivity index (χ0v) is 30.7. The molecule has 0 unspecified atom stereocenters. The van der Waals surface area contributed by atoms with Crippen LogP contribution in [-0.4, -0.2) is 57.8 Å². The number of amides is 2. The molecule has 0 fully saturated rings. The summed E-state index contributed by atoms with van der Waals surface area (Å²) in [5.41, 5.74) is 10.1. The topological polar surface area (TPSA) is 71.6 Å². The van der Waals surface area contributed by atoms with Crippen molar-refractivity contribution in [2.45, 2.75) is 48.5 Å². The Bertz CT molecular complexity index is 2540. The number of hydrogen-bond donors (Lipinski definition) is 0. The van der Waals surface area contributed by atoms with Gasteiger partial charge in [-0.1, -0.05) is 60.2 Å².